The Kier molecular flexibility index (Phi) is 6.34. The van der Waals surface area contributed by atoms with Gasteiger partial charge in [0.15, 0.2) is 0 Å². The van der Waals surface area contributed by atoms with Gasteiger partial charge in [0.1, 0.15) is 0 Å². The molecule has 0 bridgehead atoms. The van der Waals surface area contributed by atoms with Crippen molar-refractivity contribution in [1.82, 2.24) is 10.2 Å². The predicted molar refractivity (Wildman–Crippen MR) is 85.2 cm³/mol. The van der Waals surface area contributed by atoms with Gasteiger partial charge < -0.3 is 15.3 Å². The number of nitrogens with zero attached hydrogens (tertiary/aromatic N) is 1. The highest BCUT2D eigenvalue weighted by atomic mass is 16.3. The smallest absolute Gasteiger partial charge is 0.317 e. The molecule has 0 aromatic carbocycles. The number of nitrogens with one attached hydrogen (secondary N) is 1. The van der Waals surface area contributed by atoms with E-state index in [0.717, 1.165) is 25.7 Å². The van der Waals surface area contributed by atoms with Gasteiger partial charge in [-0.15, -0.1) is 0 Å². The van der Waals surface area contributed by atoms with Gasteiger partial charge in [0.2, 0.25) is 0 Å². The highest BCUT2D eigenvalue weighted by Gasteiger charge is 2.28. The van der Waals surface area contributed by atoms with E-state index in [4.69, 9.17) is 0 Å². The first-order chi connectivity index (χ1) is 10.1. The second-order valence-electron chi connectivity index (χ2n) is 7.10. The highest BCUT2D eigenvalue weighted by Crippen LogP contribution is 2.28. The summed E-state index contributed by atoms with van der Waals surface area (Å²) in [4.78, 5) is 14.3. The van der Waals surface area contributed by atoms with Gasteiger partial charge >= 0.3 is 6.03 Å². The molecule has 0 aromatic heterocycles. The van der Waals surface area contributed by atoms with Crippen molar-refractivity contribution in [2.75, 3.05) is 13.7 Å². The maximum Gasteiger partial charge on any atom is 0.317 e. The third kappa shape index (κ3) is 4.60. The third-order valence-corrected chi connectivity index (χ3v) is 5.65. The van der Waals surface area contributed by atoms with Gasteiger partial charge in [-0.3, -0.25) is 0 Å². The van der Waals surface area contributed by atoms with Crippen molar-refractivity contribution in [3.8, 4) is 0 Å². The van der Waals surface area contributed by atoms with Crippen LogP contribution in [0.4, 0.5) is 4.79 Å². The number of hydrogen-bond donors (Lipinski definition) is 2. The molecule has 1 unspecified atom stereocenters. The Balaban J connectivity index is 1.76. The molecule has 0 spiro atoms. The minimum Gasteiger partial charge on any atom is -0.396 e. The Morgan fingerprint density at radius 1 is 1.14 bits per heavy atom. The maximum atomic E-state index is 12.4. The van der Waals surface area contributed by atoms with Crippen LogP contribution in [0.3, 0.4) is 0 Å². The summed E-state index contributed by atoms with van der Waals surface area (Å²) in [6.45, 7) is 2.45. The minimum absolute atomic E-state index is 0.0838. The maximum absolute atomic E-state index is 12.4. The molecule has 4 nitrogen and oxygen atoms in total. The van der Waals surface area contributed by atoms with Crippen LogP contribution in [0.1, 0.15) is 64.7 Å². The number of hydrogen-bond acceptors (Lipinski definition) is 2. The second kappa shape index (κ2) is 8.02. The fraction of sp³-hybridized carbons (Fsp3) is 0.941. The van der Waals surface area contributed by atoms with E-state index in [1.165, 1.54) is 32.1 Å². The first-order valence-corrected chi connectivity index (χ1v) is 8.76. The lowest BCUT2D eigenvalue weighted by Crippen LogP contribution is -2.49. The van der Waals surface area contributed by atoms with Crippen molar-refractivity contribution >= 4 is 6.03 Å². The van der Waals surface area contributed by atoms with E-state index >= 15 is 0 Å². The topological polar surface area (TPSA) is 52.6 Å². The van der Waals surface area contributed by atoms with E-state index in [9.17, 15) is 9.90 Å². The number of carbonyl (C=O) groups is 1. The molecule has 4 heteroatoms. The molecule has 21 heavy (non-hydrogen) atoms. The SMILES string of the molecule is CC(NC(=O)N(C)C1CCC(CO)CC1)C1CCCCC1. The number of amides is 2. The molecule has 2 fully saturated rings. The summed E-state index contributed by atoms with van der Waals surface area (Å²) >= 11 is 0. The van der Waals surface area contributed by atoms with Gasteiger partial charge in [-0.05, 0) is 57.3 Å². The molecule has 0 aromatic rings. The Labute approximate surface area is 129 Å². The molecule has 0 saturated heterocycles. The first kappa shape index (κ1) is 16.6. The number of rotatable bonds is 4. The van der Waals surface area contributed by atoms with E-state index < -0.39 is 0 Å². The fourth-order valence-electron chi connectivity index (χ4n) is 3.93. The summed E-state index contributed by atoms with van der Waals surface area (Å²) in [5, 5.41) is 12.4. The van der Waals surface area contributed by atoms with Crippen LogP contribution >= 0.6 is 0 Å². The molecule has 2 aliphatic carbocycles. The molecular weight excluding hydrogens is 264 g/mol. The van der Waals surface area contributed by atoms with Crippen LogP contribution in [0.2, 0.25) is 0 Å². The standard InChI is InChI=1S/C17H32N2O2/c1-13(15-6-4-3-5-7-15)18-17(21)19(2)16-10-8-14(12-20)9-11-16/h13-16,20H,3-12H2,1-2H3,(H,18,21). The van der Waals surface area contributed by atoms with E-state index in [1.807, 2.05) is 11.9 Å². The number of aliphatic hydroxyl groups excluding tert-OH is 1. The lowest BCUT2D eigenvalue weighted by molar-refractivity contribution is 0.130. The van der Waals surface area contributed by atoms with Crippen molar-refractivity contribution in [3.05, 3.63) is 0 Å². The molecule has 1 atom stereocenters. The molecule has 2 aliphatic rings. The Bertz CT molecular complexity index is 321. The van der Waals surface area contributed by atoms with Gasteiger partial charge in [-0.1, -0.05) is 19.3 Å². The zero-order valence-electron chi connectivity index (χ0n) is 13.7. The summed E-state index contributed by atoms with van der Waals surface area (Å²) in [6.07, 6.45) is 10.6. The van der Waals surface area contributed by atoms with Gasteiger partial charge in [-0.25, -0.2) is 4.79 Å². The highest BCUT2D eigenvalue weighted by molar-refractivity contribution is 5.74. The van der Waals surface area contributed by atoms with E-state index in [1.54, 1.807) is 0 Å². The zero-order chi connectivity index (χ0) is 15.2. The number of carbonyl (C=O) groups excluding carboxylic acids is 1. The lowest BCUT2D eigenvalue weighted by atomic mass is 9.84. The summed E-state index contributed by atoms with van der Waals surface area (Å²) in [6, 6.07) is 0.709. The largest absolute Gasteiger partial charge is 0.396 e. The van der Waals surface area contributed by atoms with Gasteiger partial charge in [0, 0.05) is 25.7 Å². The van der Waals surface area contributed by atoms with Crippen LogP contribution in [-0.2, 0) is 0 Å². The van der Waals surface area contributed by atoms with Crippen LogP contribution in [-0.4, -0.2) is 41.8 Å². The molecule has 0 heterocycles. The number of aliphatic hydroxyl groups is 1. The van der Waals surface area contributed by atoms with Crippen LogP contribution < -0.4 is 5.32 Å². The monoisotopic (exact) mass is 296 g/mol. The average molecular weight is 296 g/mol. The first-order valence-electron chi connectivity index (χ1n) is 8.76. The Morgan fingerprint density at radius 2 is 1.76 bits per heavy atom. The molecular formula is C17H32N2O2. The van der Waals surface area contributed by atoms with Gasteiger partial charge in [-0.2, -0.15) is 0 Å². The van der Waals surface area contributed by atoms with Crippen molar-refractivity contribution in [2.45, 2.75) is 76.8 Å². The fourth-order valence-corrected chi connectivity index (χ4v) is 3.93. The average Bonchev–Trinajstić information content (AvgIpc) is 2.55. The van der Waals surface area contributed by atoms with Crippen molar-refractivity contribution in [1.29, 1.82) is 0 Å². The van der Waals surface area contributed by atoms with Gasteiger partial charge in [0.25, 0.3) is 0 Å². The van der Waals surface area contributed by atoms with E-state index in [0.29, 0.717) is 24.5 Å². The third-order valence-electron chi connectivity index (χ3n) is 5.65. The molecule has 0 aliphatic heterocycles. The van der Waals surface area contributed by atoms with E-state index in [-0.39, 0.29) is 12.1 Å². The van der Waals surface area contributed by atoms with Crippen LogP contribution in [0.15, 0.2) is 0 Å². The second-order valence-corrected chi connectivity index (χ2v) is 7.10. The number of urea groups is 1. The molecule has 2 N–H and O–H groups in total. The summed E-state index contributed by atoms with van der Waals surface area (Å²) < 4.78 is 0. The summed E-state index contributed by atoms with van der Waals surface area (Å²) in [7, 11) is 1.92. The lowest BCUT2D eigenvalue weighted by Gasteiger charge is -2.36. The van der Waals surface area contributed by atoms with Crippen molar-refractivity contribution < 1.29 is 9.90 Å². The van der Waals surface area contributed by atoms with Crippen molar-refractivity contribution in [3.63, 3.8) is 0 Å². The Hall–Kier alpha value is -0.770. The zero-order valence-corrected chi connectivity index (χ0v) is 13.7. The molecule has 2 saturated carbocycles. The van der Waals surface area contributed by atoms with Crippen molar-refractivity contribution in [2.24, 2.45) is 11.8 Å². The minimum atomic E-state index is 0.0838. The predicted octanol–water partition coefficient (Wildman–Crippen LogP) is 3.15. The molecule has 122 valence electrons. The van der Waals surface area contributed by atoms with E-state index in [2.05, 4.69) is 12.2 Å². The van der Waals surface area contributed by atoms with Gasteiger partial charge in [0.05, 0.1) is 0 Å². The Morgan fingerprint density at radius 3 is 2.33 bits per heavy atom. The van der Waals surface area contributed by atoms with Crippen LogP contribution in [0.5, 0.6) is 0 Å². The summed E-state index contributed by atoms with van der Waals surface area (Å²) in [5.41, 5.74) is 0. The molecule has 0 radical (unpaired) electrons. The van der Waals surface area contributed by atoms with Crippen LogP contribution in [0.25, 0.3) is 0 Å². The normalized spacial score (nSPS) is 28.9. The van der Waals surface area contributed by atoms with Crippen LogP contribution in [0, 0.1) is 11.8 Å². The molecule has 2 rings (SSSR count). The summed E-state index contributed by atoms with van der Waals surface area (Å²) in [5.74, 6) is 1.10. The molecule has 2 amide bonds. The quantitative estimate of drug-likeness (QED) is 0.837.